The molecule has 0 saturated carbocycles. The summed E-state index contributed by atoms with van der Waals surface area (Å²) in [6.07, 6.45) is 0. The zero-order valence-corrected chi connectivity index (χ0v) is 11.8. The van der Waals surface area contributed by atoms with E-state index in [4.69, 9.17) is 5.11 Å². The quantitative estimate of drug-likeness (QED) is 0.673. The van der Waals surface area contributed by atoms with Gasteiger partial charge in [-0.2, -0.15) is 4.37 Å². The number of rotatable bonds is 3. The normalized spacial score (nSPS) is 18.5. The highest BCUT2D eigenvalue weighted by Crippen LogP contribution is 2.28. The molecule has 1 aliphatic heterocycles. The number of amides is 2. The Morgan fingerprint density at radius 3 is 2.75 bits per heavy atom. The van der Waals surface area contributed by atoms with Crippen LogP contribution in [0.4, 0.5) is 5.00 Å². The molecule has 9 heteroatoms. The number of carboxylic acid groups (broad SMARTS) is 1. The third-order valence-corrected chi connectivity index (χ3v) is 4.02. The van der Waals surface area contributed by atoms with Gasteiger partial charge in [-0.1, -0.05) is 0 Å². The molecule has 2 rings (SSSR count). The molecule has 1 atom stereocenters. The van der Waals surface area contributed by atoms with Crippen molar-refractivity contribution in [1.29, 1.82) is 0 Å². The van der Waals surface area contributed by atoms with Crippen molar-refractivity contribution in [1.82, 2.24) is 15.0 Å². The second-order valence-electron chi connectivity index (χ2n) is 4.39. The molecular weight excluding hydrogens is 284 g/mol. The minimum atomic E-state index is -1.11. The summed E-state index contributed by atoms with van der Waals surface area (Å²) in [5.41, 5.74) is 0.410. The van der Waals surface area contributed by atoms with E-state index >= 15 is 0 Å². The fraction of sp³-hybridized carbons (Fsp3) is 0.455. The Bertz CT molecular complexity index is 561. The van der Waals surface area contributed by atoms with Crippen molar-refractivity contribution in [2.45, 2.75) is 13.0 Å². The molecule has 0 spiro atoms. The van der Waals surface area contributed by atoms with Crippen LogP contribution in [0.1, 0.15) is 16.1 Å². The number of hydrogen-bond donors (Lipinski definition) is 3. The van der Waals surface area contributed by atoms with E-state index in [0.29, 0.717) is 10.7 Å². The fourth-order valence-corrected chi connectivity index (χ4v) is 2.76. The maximum Gasteiger partial charge on any atom is 0.340 e. The number of likely N-dealkylation sites (N-methyl/N-ethyl adjacent to an activating group) is 1. The van der Waals surface area contributed by atoms with Crippen molar-refractivity contribution >= 4 is 34.3 Å². The number of carboxylic acids is 1. The summed E-state index contributed by atoms with van der Waals surface area (Å²) in [4.78, 5) is 35.8. The first-order chi connectivity index (χ1) is 9.41. The Labute approximate surface area is 118 Å². The molecule has 1 aromatic heterocycles. The van der Waals surface area contributed by atoms with Crippen LogP contribution in [0, 0.1) is 6.92 Å². The number of aromatic carboxylic acids is 1. The van der Waals surface area contributed by atoms with Crippen molar-refractivity contribution in [3.63, 3.8) is 0 Å². The summed E-state index contributed by atoms with van der Waals surface area (Å²) in [6.45, 7) is 1.83. The summed E-state index contributed by atoms with van der Waals surface area (Å²) in [5.74, 6) is -1.59. The van der Waals surface area contributed by atoms with Crippen LogP contribution in [0.3, 0.4) is 0 Å². The number of aromatic nitrogens is 1. The van der Waals surface area contributed by atoms with Gasteiger partial charge < -0.3 is 15.3 Å². The fourth-order valence-electron chi connectivity index (χ4n) is 1.91. The zero-order valence-electron chi connectivity index (χ0n) is 11.0. The Kier molecular flexibility index (Phi) is 4.00. The van der Waals surface area contributed by atoms with E-state index in [1.54, 1.807) is 6.92 Å². The van der Waals surface area contributed by atoms with E-state index in [2.05, 4.69) is 15.0 Å². The molecule has 0 bridgehead atoms. The van der Waals surface area contributed by atoms with Gasteiger partial charge in [-0.3, -0.25) is 14.9 Å². The van der Waals surface area contributed by atoms with Gasteiger partial charge in [-0.25, -0.2) is 4.79 Å². The third-order valence-electron chi connectivity index (χ3n) is 3.00. The summed E-state index contributed by atoms with van der Waals surface area (Å²) in [7, 11) is 1.50. The van der Waals surface area contributed by atoms with E-state index in [0.717, 1.165) is 11.5 Å². The topological polar surface area (TPSA) is 112 Å². The summed E-state index contributed by atoms with van der Waals surface area (Å²) in [6, 6.07) is -0.568. The lowest BCUT2D eigenvalue weighted by molar-refractivity contribution is -0.125. The summed E-state index contributed by atoms with van der Waals surface area (Å²) in [5, 5.41) is 14.9. The lowest BCUT2D eigenvalue weighted by Crippen LogP contribution is -2.58. The van der Waals surface area contributed by atoms with E-state index < -0.39 is 12.0 Å². The van der Waals surface area contributed by atoms with Crippen molar-refractivity contribution in [3.05, 3.63) is 11.3 Å². The van der Waals surface area contributed by atoms with E-state index in [-0.39, 0.29) is 30.5 Å². The number of hydrogen-bond acceptors (Lipinski definition) is 6. The second-order valence-corrected chi connectivity index (χ2v) is 5.14. The standard InChI is InChI=1S/C11H14N4O4S/c1-5-8(11(18)19)10(20-14-5)15(2)9(17)6-3-13-7(16)4-12-6/h6,12H,3-4H2,1-2H3,(H,13,16)(H,18,19). The van der Waals surface area contributed by atoms with Gasteiger partial charge in [0.1, 0.15) is 16.6 Å². The molecule has 3 N–H and O–H groups in total. The predicted molar refractivity (Wildman–Crippen MR) is 72.0 cm³/mol. The molecule has 1 unspecified atom stereocenters. The lowest BCUT2D eigenvalue weighted by atomic mass is 10.2. The molecule has 0 radical (unpaired) electrons. The molecule has 2 heterocycles. The number of nitrogens with one attached hydrogen (secondary N) is 2. The van der Waals surface area contributed by atoms with Gasteiger partial charge in [-0.05, 0) is 18.5 Å². The van der Waals surface area contributed by atoms with Crippen LogP contribution in [0.15, 0.2) is 0 Å². The maximum absolute atomic E-state index is 12.3. The minimum absolute atomic E-state index is 0.0331. The molecule has 1 aliphatic rings. The molecule has 0 aromatic carbocycles. The second kappa shape index (κ2) is 5.55. The van der Waals surface area contributed by atoms with Crippen molar-refractivity contribution in [2.75, 3.05) is 25.0 Å². The molecule has 8 nitrogen and oxygen atoms in total. The molecule has 1 fully saturated rings. The van der Waals surface area contributed by atoms with Crippen LogP contribution < -0.4 is 15.5 Å². The van der Waals surface area contributed by atoms with E-state index in [9.17, 15) is 14.4 Å². The monoisotopic (exact) mass is 298 g/mol. The molecule has 2 amide bonds. The highest BCUT2D eigenvalue weighted by Gasteiger charge is 2.30. The minimum Gasteiger partial charge on any atom is -0.478 e. The molecule has 20 heavy (non-hydrogen) atoms. The Morgan fingerprint density at radius 2 is 2.20 bits per heavy atom. The van der Waals surface area contributed by atoms with Gasteiger partial charge in [0.05, 0.1) is 12.2 Å². The van der Waals surface area contributed by atoms with Crippen LogP contribution in [0.25, 0.3) is 0 Å². The van der Waals surface area contributed by atoms with Crippen molar-refractivity contribution in [3.8, 4) is 0 Å². The Morgan fingerprint density at radius 1 is 1.50 bits per heavy atom. The summed E-state index contributed by atoms with van der Waals surface area (Å²) < 4.78 is 3.98. The number of carbonyl (C=O) groups excluding carboxylic acids is 2. The lowest BCUT2D eigenvalue weighted by Gasteiger charge is -2.27. The molecular formula is C11H14N4O4S. The largest absolute Gasteiger partial charge is 0.478 e. The first-order valence-corrected chi connectivity index (χ1v) is 6.66. The molecule has 1 aromatic rings. The van der Waals surface area contributed by atoms with Gasteiger partial charge in [0.25, 0.3) is 0 Å². The number of piperazine rings is 1. The average Bonchev–Trinajstić information content (AvgIpc) is 2.80. The van der Waals surface area contributed by atoms with Gasteiger partial charge >= 0.3 is 5.97 Å². The third kappa shape index (κ3) is 2.63. The first-order valence-electron chi connectivity index (χ1n) is 5.89. The molecule has 0 aliphatic carbocycles. The smallest absolute Gasteiger partial charge is 0.340 e. The highest BCUT2D eigenvalue weighted by atomic mass is 32.1. The van der Waals surface area contributed by atoms with E-state index in [1.807, 2.05) is 0 Å². The zero-order chi connectivity index (χ0) is 14.9. The van der Waals surface area contributed by atoms with Crippen LogP contribution in [-0.2, 0) is 9.59 Å². The number of carbonyl (C=O) groups is 3. The Hall–Kier alpha value is -2.00. The number of aryl methyl sites for hydroxylation is 1. The SMILES string of the molecule is Cc1nsc(N(C)C(=O)C2CNC(=O)CN2)c1C(=O)O. The first kappa shape index (κ1) is 14.4. The van der Waals surface area contributed by atoms with Gasteiger partial charge in [0, 0.05) is 13.6 Å². The van der Waals surface area contributed by atoms with Crippen LogP contribution >= 0.6 is 11.5 Å². The van der Waals surface area contributed by atoms with Gasteiger partial charge in [0.2, 0.25) is 11.8 Å². The van der Waals surface area contributed by atoms with Gasteiger partial charge in [-0.15, -0.1) is 0 Å². The van der Waals surface area contributed by atoms with Crippen molar-refractivity contribution in [2.24, 2.45) is 0 Å². The molecule has 1 saturated heterocycles. The number of anilines is 1. The van der Waals surface area contributed by atoms with Crippen LogP contribution in [-0.4, -0.2) is 53.4 Å². The summed E-state index contributed by atoms with van der Waals surface area (Å²) >= 11 is 0.965. The highest BCUT2D eigenvalue weighted by molar-refractivity contribution is 7.11. The Balaban J connectivity index is 2.19. The maximum atomic E-state index is 12.3. The number of nitrogens with zero attached hydrogens (tertiary/aromatic N) is 2. The van der Waals surface area contributed by atoms with Crippen LogP contribution in [0.5, 0.6) is 0 Å². The predicted octanol–water partition coefficient (Wildman–Crippen LogP) is -0.799. The molecule has 108 valence electrons. The van der Waals surface area contributed by atoms with Crippen LogP contribution in [0.2, 0.25) is 0 Å². The van der Waals surface area contributed by atoms with E-state index in [1.165, 1.54) is 11.9 Å². The van der Waals surface area contributed by atoms with Crippen molar-refractivity contribution < 1.29 is 19.5 Å². The average molecular weight is 298 g/mol. The van der Waals surface area contributed by atoms with Gasteiger partial charge in [0.15, 0.2) is 0 Å².